The lowest BCUT2D eigenvalue weighted by Gasteiger charge is -2.15. The van der Waals surface area contributed by atoms with Gasteiger partial charge in [0, 0.05) is 0 Å². The molecule has 0 saturated heterocycles. The van der Waals surface area contributed by atoms with Crippen molar-refractivity contribution in [1.82, 2.24) is 19.7 Å². The van der Waals surface area contributed by atoms with Gasteiger partial charge in [-0.3, -0.25) is 14.2 Å². The van der Waals surface area contributed by atoms with Crippen LogP contribution in [0.25, 0.3) is 0 Å². The lowest BCUT2D eigenvalue weighted by atomic mass is 10.2. The SMILES string of the molecule is COc1nnc(Cn2cnc(C(F)(F)F)c(Oc3ccccc3C#N)c2=O)cc1C=O. The van der Waals surface area contributed by atoms with E-state index in [1.165, 1.54) is 37.4 Å². The molecular formula is C19H12F3N5O4. The summed E-state index contributed by atoms with van der Waals surface area (Å²) in [5.74, 6) is -1.39. The van der Waals surface area contributed by atoms with Gasteiger partial charge >= 0.3 is 6.18 Å². The summed E-state index contributed by atoms with van der Waals surface area (Å²) in [5, 5.41) is 16.6. The number of hydrogen-bond donors (Lipinski definition) is 0. The second kappa shape index (κ2) is 8.62. The Morgan fingerprint density at radius 1 is 1.26 bits per heavy atom. The number of nitriles is 1. The molecule has 1 aromatic carbocycles. The monoisotopic (exact) mass is 431 g/mol. The molecule has 31 heavy (non-hydrogen) atoms. The van der Waals surface area contributed by atoms with Crippen LogP contribution in [0.1, 0.15) is 27.3 Å². The number of aromatic nitrogens is 4. The molecule has 0 unspecified atom stereocenters. The van der Waals surface area contributed by atoms with Crippen LogP contribution >= 0.6 is 0 Å². The molecule has 0 spiro atoms. The molecule has 158 valence electrons. The van der Waals surface area contributed by atoms with E-state index in [4.69, 9.17) is 14.7 Å². The average molecular weight is 431 g/mol. The van der Waals surface area contributed by atoms with Gasteiger partial charge < -0.3 is 9.47 Å². The highest BCUT2D eigenvalue weighted by atomic mass is 19.4. The van der Waals surface area contributed by atoms with Gasteiger partial charge in [0.05, 0.1) is 36.8 Å². The zero-order valence-corrected chi connectivity index (χ0v) is 15.8. The van der Waals surface area contributed by atoms with Gasteiger partial charge in [-0.2, -0.15) is 18.4 Å². The number of nitrogens with zero attached hydrogens (tertiary/aromatic N) is 5. The van der Waals surface area contributed by atoms with Gasteiger partial charge in [-0.05, 0) is 18.2 Å². The normalized spacial score (nSPS) is 10.9. The summed E-state index contributed by atoms with van der Waals surface area (Å²) in [6.45, 7) is -0.349. The maximum atomic E-state index is 13.4. The molecular weight excluding hydrogens is 419 g/mol. The van der Waals surface area contributed by atoms with Crippen molar-refractivity contribution in [2.24, 2.45) is 0 Å². The minimum Gasteiger partial charge on any atom is -0.479 e. The van der Waals surface area contributed by atoms with E-state index in [1.54, 1.807) is 6.07 Å². The number of carbonyl (C=O) groups excluding carboxylic acids is 1. The summed E-state index contributed by atoms with van der Waals surface area (Å²) in [4.78, 5) is 27.2. The molecule has 0 atom stereocenters. The second-order valence-corrected chi connectivity index (χ2v) is 5.98. The molecule has 0 saturated carbocycles. The van der Waals surface area contributed by atoms with E-state index in [1.807, 2.05) is 0 Å². The molecule has 2 aromatic heterocycles. The highest BCUT2D eigenvalue weighted by molar-refractivity contribution is 5.78. The molecule has 0 fully saturated rings. The first-order valence-electron chi connectivity index (χ1n) is 8.47. The predicted molar refractivity (Wildman–Crippen MR) is 97.8 cm³/mol. The summed E-state index contributed by atoms with van der Waals surface area (Å²) in [7, 11) is 1.28. The largest absolute Gasteiger partial charge is 0.479 e. The number of halogens is 3. The Kier molecular flexibility index (Phi) is 5.96. The van der Waals surface area contributed by atoms with Crippen molar-refractivity contribution in [3.8, 4) is 23.4 Å². The van der Waals surface area contributed by atoms with Crippen LogP contribution in [0.5, 0.6) is 17.4 Å². The van der Waals surface area contributed by atoms with Crippen molar-refractivity contribution in [2.45, 2.75) is 12.7 Å². The van der Waals surface area contributed by atoms with E-state index in [0.29, 0.717) is 12.6 Å². The third-order valence-corrected chi connectivity index (χ3v) is 3.98. The molecule has 3 rings (SSSR count). The first kappa shape index (κ1) is 21.4. The van der Waals surface area contributed by atoms with Crippen molar-refractivity contribution in [1.29, 1.82) is 5.26 Å². The lowest BCUT2D eigenvalue weighted by molar-refractivity contribution is -0.142. The molecule has 2 heterocycles. The third kappa shape index (κ3) is 4.50. The number of methoxy groups -OCH3 is 1. The fraction of sp³-hybridized carbons (Fsp3) is 0.158. The molecule has 0 bridgehead atoms. The Hall–Kier alpha value is -4.27. The number of alkyl halides is 3. The minimum absolute atomic E-state index is 0.0415. The second-order valence-electron chi connectivity index (χ2n) is 5.98. The van der Waals surface area contributed by atoms with Crippen molar-refractivity contribution in [3.63, 3.8) is 0 Å². The van der Waals surface area contributed by atoms with Crippen LogP contribution in [0.2, 0.25) is 0 Å². The fourth-order valence-electron chi connectivity index (χ4n) is 2.57. The van der Waals surface area contributed by atoms with Crippen molar-refractivity contribution in [3.05, 3.63) is 69.5 Å². The van der Waals surface area contributed by atoms with Crippen LogP contribution in [0.15, 0.2) is 41.5 Å². The fourth-order valence-corrected chi connectivity index (χ4v) is 2.57. The number of carbonyl (C=O) groups is 1. The standard InChI is InChI=1S/C19H12F3N5O4/c1-30-17-12(9-28)6-13(25-26-17)8-27-10-24-16(19(20,21)22)15(18(27)29)31-14-5-3-2-4-11(14)7-23/h2-6,9-10H,8H2,1H3. The lowest BCUT2D eigenvalue weighted by Crippen LogP contribution is -2.27. The number of rotatable bonds is 6. The van der Waals surface area contributed by atoms with Gasteiger partial charge in [-0.1, -0.05) is 12.1 Å². The van der Waals surface area contributed by atoms with Gasteiger partial charge in [0.2, 0.25) is 11.6 Å². The van der Waals surface area contributed by atoms with Gasteiger partial charge in [-0.15, -0.1) is 10.2 Å². The molecule has 0 aliphatic heterocycles. The minimum atomic E-state index is -4.99. The average Bonchev–Trinajstić information content (AvgIpc) is 2.75. The Balaban J connectivity index is 2.08. The van der Waals surface area contributed by atoms with Gasteiger partial charge in [0.15, 0.2) is 12.0 Å². The molecule has 3 aromatic rings. The van der Waals surface area contributed by atoms with Crippen LogP contribution in [-0.4, -0.2) is 33.1 Å². The molecule has 0 radical (unpaired) electrons. The first-order chi connectivity index (χ1) is 14.8. The summed E-state index contributed by atoms with van der Waals surface area (Å²) < 4.78 is 51.1. The van der Waals surface area contributed by atoms with Crippen LogP contribution in [0.3, 0.4) is 0 Å². The Morgan fingerprint density at radius 3 is 2.65 bits per heavy atom. The van der Waals surface area contributed by atoms with Crippen LogP contribution in [-0.2, 0) is 12.7 Å². The number of benzene rings is 1. The molecule has 12 heteroatoms. The molecule has 0 N–H and O–H groups in total. The Bertz CT molecular complexity index is 1230. The summed E-state index contributed by atoms with van der Waals surface area (Å²) in [5.41, 5.74) is -2.65. The van der Waals surface area contributed by atoms with Crippen molar-refractivity contribution in [2.75, 3.05) is 7.11 Å². The topological polar surface area (TPSA) is 120 Å². The maximum absolute atomic E-state index is 13.4. The first-order valence-corrected chi connectivity index (χ1v) is 8.47. The molecule has 0 amide bonds. The third-order valence-electron chi connectivity index (χ3n) is 3.98. The Labute approximate surface area is 172 Å². The van der Waals surface area contributed by atoms with E-state index in [-0.39, 0.29) is 35.0 Å². The highest BCUT2D eigenvalue weighted by Gasteiger charge is 2.39. The van der Waals surface area contributed by atoms with Crippen molar-refractivity contribution < 1.29 is 27.4 Å². The summed E-state index contributed by atoms with van der Waals surface area (Å²) in [6.07, 6.45) is -3.85. The van der Waals surface area contributed by atoms with Crippen molar-refractivity contribution >= 4 is 6.29 Å². The van der Waals surface area contributed by atoms with E-state index in [9.17, 15) is 22.8 Å². The van der Waals surface area contributed by atoms with Gasteiger partial charge in [0.25, 0.3) is 5.56 Å². The van der Waals surface area contributed by atoms with Crippen LogP contribution in [0.4, 0.5) is 13.2 Å². The van der Waals surface area contributed by atoms with E-state index in [0.717, 1.165) is 4.57 Å². The summed E-state index contributed by atoms with van der Waals surface area (Å²) >= 11 is 0. The zero-order chi connectivity index (χ0) is 22.6. The number of aldehydes is 1. The quantitative estimate of drug-likeness (QED) is 0.546. The molecule has 0 aliphatic rings. The van der Waals surface area contributed by atoms with Crippen LogP contribution in [0, 0.1) is 11.3 Å². The highest BCUT2D eigenvalue weighted by Crippen LogP contribution is 2.35. The number of hydrogen-bond acceptors (Lipinski definition) is 8. The maximum Gasteiger partial charge on any atom is 0.437 e. The Morgan fingerprint density at radius 2 is 2.00 bits per heavy atom. The van der Waals surface area contributed by atoms with E-state index in [2.05, 4.69) is 15.2 Å². The predicted octanol–water partition coefficient (Wildman–Crippen LogP) is 2.59. The molecule has 9 nitrogen and oxygen atoms in total. The van der Waals surface area contributed by atoms with Crippen LogP contribution < -0.4 is 15.0 Å². The smallest absolute Gasteiger partial charge is 0.437 e. The molecule has 0 aliphatic carbocycles. The van der Waals surface area contributed by atoms with Gasteiger partial charge in [0.1, 0.15) is 11.8 Å². The zero-order valence-electron chi connectivity index (χ0n) is 15.8. The number of ether oxygens (including phenoxy) is 2. The van der Waals surface area contributed by atoms with E-state index >= 15 is 0 Å². The van der Waals surface area contributed by atoms with Gasteiger partial charge in [-0.25, -0.2) is 4.98 Å². The number of para-hydroxylation sites is 1. The van der Waals surface area contributed by atoms with E-state index < -0.39 is 23.2 Å². The summed E-state index contributed by atoms with van der Waals surface area (Å²) in [6, 6.07) is 8.55.